The molecule has 4 nitrogen and oxygen atoms in total. The van der Waals surface area contributed by atoms with Gasteiger partial charge in [-0.1, -0.05) is 26.7 Å². The van der Waals surface area contributed by atoms with Crippen molar-refractivity contribution in [1.82, 2.24) is 10.2 Å². The second kappa shape index (κ2) is 6.71. The molecule has 19 heavy (non-hydrogen) atoms. The molecule has 0 radical (unpaired) electrons. The minimum atomic E-state index is -0.170. The van der Waals surface area contributed by atoms with E-state index in [1.165, 1.54) is 32.1 Å². The molecule has 2 fully saturated rings. The molecule has 1 heterocycles. The summed E-state index contributed by atoms with van der Waals surface area (Å²) in [6.45, 7) is 7.34. The van der Waals surface area contributed by atoms with Crippen molar-refractivity contribution >= 4 is 5.91 Å². The topological polar surface area (TPSA) is 58.4 Å². The lowest BCUT2D eigenvalue weighted by Gasteiger charge is -2.39. The third-order valence-electron chi connectivity index (χ3n) is 5.01. The largest absolute Gasteiger partial charge is 0.368 e. The SMILES string of the molecule is CC(C)C1CCCC(N2CCNCC2C(N)=O)CC1. The molecule has 110 valence electrons. The van der Waals surface area contributed by atoms with Crippen molar-refractivity contribution in [3.63, 3.8) is 0 Å². The lowest BCUT2D eigenvalue weighted by atomic mass is 9.89. The Kier molecular flexibility index (Phi) is 5.22. The smallest absolute Gasteiger partial charge is 0.236 e. The average Bonchev–Trinajstić information content (AvgIpc) is 2.64. The fourth-order valence-corrected chi connectivity index (χ4v) is 3.73. The van der Waals surface area contributed by atoms with Crippen LogP contribution in [0.2, 0.25) is 0 Å². The van der Waals surface area contributed by atoms with Gasteiger partial charge in [0.1, 0.15) is 6.04 Å². The average molecular weight is 267 g/mol. The lowest BCUT2D eigenvalue weighted by molar-refractivity contribution is -0.125. The van der Waals surface area contributed by atoms with E-state index in [1.807, 2.05) is 0 Å². The number of hydrogen-bond acceptors (Lipinski definition) is 3. The summed E-state index contributed by atoms with van der Waals surface area (Å²) in [6.07, 6.45) is 6.40. The summed E-state index contributed by atoms with van der Waals surface area (Å²) in [6, 6.07) is 0.456. The van der Waals surface area contributed by atoms with Crippen molar-refractivity contribution in [2.24, 2.45) is 17.6 Å². The molecule has 3 unspecified atom stereocenters. The molecule has 1 saturated carbocycles. The lowest BCUT2D eigenvalue weighted by Crippen LogP contribution is -2.59. The third-order valence-corrected chi connectivity index (χ3v) is 5.01. The first-order chi connectivity index (χ1) is 9.09. The summed E-state index contributed by atoms with van der Waals surface area (Å²) >= 11 is 0. The number of nitrogens with zero attached hydrogens (tertiary/aromatic N) is 1. The van der Waals surface area contributed by atoms with E-state index in [0.717, 1.165) is 31.5 Å². The predicted octanol–water partition coefficient (Wildman–Crippen LogP) is 1.35. The molecule has 3 N–H and O–H groups in total. The van der Waals surface area contributed by atoms with Gasteiger partial charge in [0.2, 0.25) is 5.91 Å². The quantitative estimate of drug-likeness (QED) is 0.759. The number of piperazine rings is 1. The summed E-state index contributed by atoms with van der Waals surface area (Å²) in [4.78, 5) is 14.0. The summed E-state index contributed by atoms with van der Waals surface area (Å²) in [5.41, 5.74) is 5.56. The fourth-order valence-electron chi connectivity index (χ4n) is 3.73. The Labute approximate surface area is 117 Å². The van der Waals surface area contributed by atoms with Gasteiger partial charge in [0, 0.05) is 25.7 Å². The highest BCUT2D eigenvalue weighted by Crippen LogP contribution is 2.31. The Morgan fingerprint density at radius 3 is 2.74 bits per heavy atom. The first-order valence-electron chi connectivity index (χ1n) is 7.85. The summed E-state index contributed by atoms with van der Waals surface area (Å²) in [5.74, 6) is 1.48. The Bertz CT molecular complexity index is 306. The van der Waals surface area contributed by atoms with Gasteiger partial charge in [-0.2, -0.15) is 0 Å². The third kappa shape index (κ3) is 3.69. The number of amides is 1. The second-order valence-electron chi connectivity index (χ2n) is 6.53. The van der Waals surface area contributed by atoms with E-state index in [4.69, 9.17) is 5.73 Å². The van der Waals surface area contributed by atoms with Gasteiger partial charge in [-0.15, -0.1) is 0 Å². The monoisotopic (exact) mass is 267 g/mol. The molecule has 1 aliphatic carbocycles. The van der Waals surface area contributed by atoms with Gasteiger partial charge in [0.25, 0.3) is 0 Å². The first-order valence-corrected chi connectivity index (χ1v) is 7.85. The Balaban J connectivity index is 1.98. The van der Waals surface area contributed by atoms with Crippen LogP contribution in [-0.4, -0.2) is 42.5 Å². The summed E-state index contributed by atoms with van der Waals surface area (Å²) < 4.78 is 0. The number of carbonyl (C=O) groups excluding carboxylic acids is 1. The molecule has 0 aromatic heterocycles. The normalized spacial score (nSPS) is 34.2. The van der Waals surface area contributed by atoms with E-state index in [2.05, 4.69) is 24.1 Å². The molecule has 1 aliphatic heterocycles. The molecule has 0 aromatic carbocycles. The zero-order chi connectivity index (χ0) is 13.8. The first kappa shape index (κ1) is 14.8. The van der Waals surface area contributed by atoms with Gasteiger partial charge in [-0.3, -0.25) is 9.69 Å². The van der Waals surface area contributed by atoms with Crippen LogP contribution >= 0.6 is 0 Å². The van der Waals surface area contributed by atoms with Crippen molar-refractivity contribution < 1.29 is 4.79 Å². The maximum absolute atomic E-state index is 11.6. The van der Waals surface area contributed by atoms with Crippen molar-refractivity contribution in [2.45, 2.75) is 58.0 Å². The molecule has 0 bridgehead atoms. The standard InChI is InChI=1S/C15H29N3O/c1-11(2)12-4-3-5-13(7-6-12)18-9-8-17-10-14(18)15(16)19/h11-14,17H,3-10H2,1-2H3,(H2,16,19). The van der Waals surface area contributed by atoms with Gasteiger partial charge >= 0.3 is 0 Å². The van der Waals surface area contributed by atoms with Crippen LogP contribution in [0, 0.1) is 11.8 Å². The van der Waals surface area contributed by atoms with Crippen LogP contribution in [0.25, 0.3) is 0 Å². The minimum absolute atomic E-state index is 0.102. The zero-order valence-corrected chi connectivity index (χ0v) is 12.4. The van der Waals surface area contributed by atoms with Gasteiger partial charge in [0.05, 0.1) is 0 Å². The maximum Gasteiger partial charge on any atom is 0.236 e. The Morgan fingerprint density at radius 2 is 2.05 bits per heavy atom. The Hall–Kier alpha value is -0.610. The van der Waals surface area contributed by atoms with E-state index in [0.29, 0.717) is 6.04 Å². The Morgan fingerprint density at radius 1 is 1.26 bits per heavy atom. The van der Waals surface area contributed by atoms with Gasteiger partial charge in [-0.25, -0.2) is 0 Å². The minimum Gasteiger partial charge on any atom is -0.368 e. The summed E-state index contributed by atoms with van der Waals surface area (Å²) in [5, 5.41) is 3.29. The number of primary amides is 1. The van der Waals surface area contributed by atoms with E-state index in [9.17, 15) is 4.79 Å². The van der Waals surface area contributed by atoms with Crippen LogP contribution in [0.15, 0.2) is 0 Å². The molecule has 1 saturated heterocycles. The van der Waals surface area contributed by atoms with Crippen LogP contribution in [-0.2, 0) is 4.79 Å². The van der Waals surface area contributed by atoms with Crippen molar-refractivity contribution in [1.29, 1.82) is 0 Å². The zero-order valence-electron chi connectivity index (χ0n) is 12.4. The molecule has 2 aliphatic rings. The summed E-state index contributed by atoms with van der Waals surface area (Å²) in [7, 11) is 0. The molecular formula is C15H29N3O. The number of rotatable bonds is 3. The van der Waals surface area contributed by atoms with Crippen molar-refractivity contribution in [2.75, 3.05) is 19.6 Å². The highest BCUT2D eigenvalue weighted by molar-refractivity contribution is 5.80. The van der Waals surface area contributed by atoms with Crippen LogP contribution in [0.5, 0.6) is 0 Å². The van der Waals surface area contributed by atoms with Crippen molar-refractivity contribution in [3.05, 3.63) is 0 Å². The number of nitrogens with two attached hydrogens (primary N) is 1. The highest BCUT2D eigenvalue weighted by Gasteiger charge is 2.33. The van der Waals surface area contributed by atoms with Gasteiger partial charge < -0.3 is 11.1 Å². The number of carbonyl (C=O) groups is 1. The van der Waals surface area contributed by atoms with E-state index < -0.39 is 0 Å². The molecule has 3 atom stereocenters. The molecule has 4 heteroatoms. The van der Waals surface area contributed by atoms with Crippen LogP contribution in [0.1, 0.15) is 46.0 Å². The van der Waals surface area contributed by atoms with Gasteiger partial charge in [0.15, 0.2) is 0 Å². The molecule has 0 aromatic rings. The fraction of sp³-hybridized carbons (Fsp3) is 0.933. The van der Waals surface area contributed by atoms with Crippen LogP contribution in [0.3, 0.4) is 0 Å². The van der Waals surface area contributed by atoms with Gasteiger partial charge in [-0.05, 0) is 31.1 Å². The van der Waals surface area contributed by atoms with E-state index in [1.54, 1.807) is 0 Å². The number of nitrogens with one attached hydrogen (secondary N) is 1. The molecule has 1 amide bonds. The number of hydrogen-bond donors (Lipinski definition) is 2. The van der Waals surface area contributed by atoms with E-state index in [-0.39, 0.29) is 11.9 Å². The molecular weight excluding hydrogens is 238 g/mol. The molecule has 2 rings (SSSR count). The maximum atomic E-state index is 11.6. The van der Waals surface area contributed by atoms with Crippen LogP contribution < -0.4 is 11.1 Å². The second-order valence-corrected chi connectivity index (χ2v) is 6.53. The van der Waals surface area contributed by atoms with Crippen LogP contribution in [0.4, 0.5) is 0 Å². The van der Waals surface area contributed by atoms with E-state index >= 15 is 0 Å². The molecule has 0 spiro atoms. The predicted molar refractivity (Wildman–Crippen MR) is 77.8 cm³/mol. The highest BCUT2D eigenvalue weighted by atomic mass is 16.1. The van der Waals surface area contributed by atoms with Crippen molar-refractivity contribution in [3.8, 4) is 0 Å².